The van der Waals surface area contributed by atoms with Gasteiger partial charge >= 0.3 is 0 Å². The molecule has 0 N–H and O–H groups in total. The smallest absolute Gasteiger partial charge is 0.119 e. The van der Waals surface area contributed by atoms with Crippen LogP contribution in [-0.2, 0) is 14.2 Å². The first kappa shape index (κ1) is 16.5. The van der Waals surface area contributed by atoms with Crippen molar-refractivity contribution in [3.63, 3.8) is 0 Å². The van der Waals surface area contributed by atoms with E-state index in [1.165, 1.54) is 0 Å². The first-order valence-electron chi connectivity index (χ1n) is 7.07. The molecule has 1 aromatic rings. The van der Waals surface area contributed by atoms with Crippen molar-refractivity contribution >= 4 is 11.6 Å². The first-order valence-corrected chi connectivity index (χ1v) is 7.44. The largest absolute Gasteiger partial charge is 0.491 e. The second kappa shape index (κ2) is 9.23. The molecule has 6 heteroatoms. The highest BCUT2D eigenvalue weighted by molar-refractivity contribution is 6.30. The van der Waals surface area contributed by atoms with Gasteiger partial charge in [-0.3, -0.25) is 4.90 Å². The number of rotatable bonds is 7. The summed E-state index contributed by atoms with van der Waals surface area (Å²) in [6.07, 6.45) is 0.905. The van der Waals surface area contributed by atoms with Crippen molar-refractivity contribution in [1.29, 1.82) is 0 Å². The summed E-state index contributed by atoms with van der Waals surface area (Å²) in [5.41, 5.74) is 0. The van der Waals surface area contributed by atoms with E-state index < -0.39 is 0 Å². The van der Waals surface area contributed by atoms with E-state index in [0.29, 0.717) is 31.7 Å². The quantitative estimate of drug-likeness (QED) is 0.723. The van der Waals surface area contributed by atoms with Crippen molar-refractivity contribution in [1.82, 2.24) is 4.90 Å². The lowest BCUT2D eigenvalue weighted by atomic mass is 10.3. The predicted molar refractivity (Wildman–Crippen MR) is 80.7 cm³/mol. The fourth-order valence-electron chi connectivity index (χ4n) is 1.99. The fraction of sp³-hybridized carbons (Fsp3) is 0.600. The maximum absolute atomic E-state index is 5.84. The molecule has 118 valence electrons. The summed E-state index contributed by atoms with van der Waals surface area (Å²) in [6.45, 7) is 3.79. The highest BCUT2D eigenvalue weighted by Gasteiger charge is 2.18. The lowest BCUT2D eigenvalue weighted by molar-refractivity contribution is -0.0205. The van der Waals surface area contributed by atoms with Crippen molar-refractivity contribution < 1.29 is 18.9 Å². The molecule has 1 heterocycles. The molecule has 1 aliphatic rings. The van der Waals surface area contributed by atoms with Crippen molar-refractivity contribution in [3.8, 4) is 5.75 Å². The van der Waals surface area contributed by atoms with E-state index in [-0.39, 0.29) is 6.10 Å². The maximum atomic E-state index is 5.84. The fourth-order valence-corrected chi connectivity index (χ4v) is 2.11. The van der Waals surface area contributed by atoms with E-state index >= 15 is 0 Å². The summed E-state index contributed by atoms with van der Waals surface area (Å²) in [5.74, 6) is 0.782. The van der Waals surface area contributed by atoms with Crippen LogP contribution in [-0.4, -0.2) is 57.9 Å². The van der Waals surface area contributed by atoms with E-state index in [1.54, 1.807) is 19.2 Å². The SMILES string of the molecule is COCCCN1COC[C@H](COc2ccc(Cl)cc2)OC1. The molecule has 0 aromatic heterocycles. The Labute approximate surface area is 130 Å². The third-order valence-electron chi connectivity index (χ3n) is 3.14. The van der Waals surface area contributed by atoms with Crippen LogP contribution in [0.15, 0.2) is 24.3 Å². The molecule has 21 heavy (non-hydrogen) atoms. The average Bonchev–Trinajstić information content (AvgIpc) is 2.72. The van der Waals surface area contributed by atoms with Gasteiger partial charge in [-0.25, -0.2) is 0 Å². The van der Waals surface area contributed by atoms with Gasteiger partial charge in [0.05, 0.1) is 6.61 Å². The summed E-state index contributed by atoms with van der Waals surface area (Å²) in [7, 11) is 1.71. The van der Waals surface area contributed by atoms with Gasteiger partial charge in [0.1, 0.15) is 31.9 Å². The number of hydrogen-bond acceptors (Lipinski definition) is 5. The zero-order chi connectivity index (χ0) is 14.9. The second-order valence-electron chi connectivity index (χ2n) is 4.92. The minimum absolute atomic E-state index is 0.0619. The number of benzene rings is 1. The van der Waals surface area contributed by atoms with Crippen LogP contribution >= 0.6 is 11.6 Å². The monoisotopic (exact) mass is 315 g/mol. The van der Waals surface area contributed by atoms with Gasteiger partial charge in [-0.05, 0) is 30.7 Å². The number of ether oxygens (including phenoxy) is 4. The Morgan fingerprint density at radius 3 is 2.86 bits per heavy atom. The van der Waals surface area contributed by atoms with E-state index in [4.69, 9.17) is 30.5 Å². The lowest BCUT2D eigenvalue weighted by Crippen LogP contribution is -2.30. The number of hydrogen-bond donors (Lipinski definition) is 0. The summed E-state index contributed by atoms with van der Waals surface area (Å²) < 4.78 is 22.1. The van der Waals surface area contributed by atoms with E-state index in [1.807, 2.05) is 12.1 Å². The summed E-state index contributed by atoms with van der Waals surface area (Å²) in [6, 6.07) is 7.30. The van der Waals surface area contributed by atoms with Gasteiger partial charge in [0.15, 0.2) is 0 Å². The van der Waals surface area contributed by atoms with Crippen molar-refractivity contribution in [3.05, 3.63) is 29.3 Å². The molecular weight excluding hydrogens is 294 g/mol. The molecule has 0 bridgehead atoms. The van der Waals surface area contributed by atoms with Crippen molar-refractivity contribution in [2.45, 2.75) is 12.5 Å². The molecule has 1 aromatic carbocycles. The van der Waals surface area contributed by atoms with Crippen LogP contribution in [0.2, 0.25) is 5.02 Å². The molecule has 0 spiro atoms. The summed E-state index contributed by atoms with van der Waals surface area (Å²) in [4.78, 5) is 2.11. The normalized spacial score (nSPS) is 20.2. The van der Waals surface area contributed by atoms with Gasteiger partial charge in [0.25, 0.3) is 0 Å². The number of methoxy groups -OCH3 is 1. The number of nitrogens with zero attached hydrogens (tertiary/aromatic N) is 1. The molecule has 1 aliphatic heterocycles. The minimum atomic E-state index is -0.0619. The van der Waals surface area contributed by atoms with Crippen LogP contribution in [0, 0.1) is 0 Å². The van der Waals surface area contributed by atoms with Crippen LogP contribution < -0.4 is 4.74 Å². The minimum Gasteiger partial charge on any atom is -0.491 e. The molecule has 1 saturated heterocycles. The molecule has 0 saturated carbocycles. The van der Waals surface area contributed by atoms with Gasteiger partial charge in [-0.1, -0.05) is 11.6 Å². The third-order valence-corrected chi connectivity index (χ3v) is 3.39. The summed E-state index contributed by atoms with van der Waals surface area (Å²) in [5, 5.41) is 0.697. The highest BCUT2D eigenvalue weighted by Crippen LogP contribution is 2.16. The Morgan fingerprint density at radius 2 is 2.10 bits per heavy atom. The Morgan fingerprint density at radius 1 is 1.29 bits per heavy atom. The van der Waals surface area contributed by atoms with Crippen LogP contribution in [0.4, 0.5) is 0 Å². The molecule has 1 fully saturated rings. The van der Waals surface area contributed by atoms with Crippen LogP contribution in [0.25, 0.3) is 0 Å². The Bertz CT molecular complexity index is 401. The highest BCUT2D eigenvalue weighted by atomic mass is 35.5. The molecule has 0 aliphatic carbocycles. The average molecular weight is 316 g/mol. The Hall–Kier alpha value is -0.850. The van der Waals surface area contributed by atoms with Crippen molar-refractivity contribution in [2.75, 3.05) is 46.9 Å². The molecule has 0 unspecified atom stereocenters. The van der Waals surface area contributed by atoms with E-state index in [9.17, 15) is 0 Å². The van der Waals surface area contributed by atoms with Gasteiger partial charge in [0.2, 0.25) is 0 Å². The van der Waals surface area contributed by atoms with E-state index in [2.05, 4.69) is 4.90 Å². The first-order chi connectivity index (χ1) is 10.3. The molecule has 1 atom stereocenters. The number of halogens is 1. The third kappa shape index (κ3) is 6.20. The zero-order valence-electron chi connectivity index (χ0n) is 12.3. The summed E-state index contributed by atoms with van der Waals surface area (Å²) >= 11 is 5.84. The van der Waals surface area contributed by atoms with Gasteiger partial charge in [0, 0.05) is 25.3 Å². The van der Waals surface area contributed by atoms with E-state index in [0.717, 1.165) is 25.3 Å². The predicted octanol–water partition coefficient (Wildman–Crippen LogP) is 2.39. The maximum Gasteiger partial charge on any atom is 0.119 e. The molecule has 5 nitrogen and oxygen atoms in total. The molecular formula is C15H22ClNO4. The van der Waals surface area contributed by atoms with Gasteiger partial charge in [-0.2, -0.15) is 0 Å². The van der Waals surface area contributed by atoms with Crippen LogP contribution in [0.1, 0.15) is 6.42 Å². The Balaban J connectivity index is 1.69. The lowest BCUT2D eigenvalue weighted by Gasteiger charge is -2.19. The Kier molecular flexibility index (Phi) is 7.26. The standard InChI is InChI=1S/C15H22ClNO4/c1-18-8-2-7-17-11-19-9-15(21-12-17)10-20-14-5-3-13(16)4-6-14/h3-6,15H,2,7-12H2,1H3/t15-/m1/s1. The van der Waals surface area contributed by atoms with Gasteiger partial charge in [-0.15, -0.1) is 0 Å². The van der Waals surface area contributed by atoms with Crippen LogP contribution in [0.3, 0.4) is 0 Å². The molecule has 2 rings (SSSR count). The zero-order valence-corrected chi connectivity index (χ0v) is 13.1. The van der Waals surface area contributed by atoms with Gasteiger partial charge < -0.3 is 18.9 Å². The topological polar surface area (TPSA) is 40.2 Å². The molecule has 0 radical (unpaired) electrons. The van der Waals surface area contributed by atoms with Crippen LogP contribution in [0.5, 0.6) is 5.75 Å². The van der Waals surface area contributed by atoms with Crippen molar-refractivity contribution in [2.24, 2.45) is 0 Å². The molecule has 0 amide bonds. The second-order valence-corrected chi connectivity index (χ2v) is 5.36.